The zero-order chi connectivity index (χ0) is 36.2. The third kappa shape index (κ3) is 6.35. The van der Waals surface area contributed by atoms with E-state index in [0.29, 0.717) is 0 Å². The molecule has 0 N–H and O–H groups in total. The second kappa shape index (κ2) is 15.3. The SMILES string of the molecule is C\C=C/C=C(\C(=C(/C)CC)c1cccc(C)c1/C=C\CC)c1ccc(-c2c3ccccc3c(-c3cccc4c(C)cccc34)c3ccccc23)cc1. The highest BCUT2D eigenvalue weighted by molar-refractivity contribution is 6.23. The predicted octanol–water partition coefficient (Wildman–Crippen LogP) is 15.4. The molecule has 7 rings (SSSR count). The van der Waals surface area contributed by atoms with E-state index < -0.39 is 0 Å². The van der Waals surface area contributed by atoms with Gasteiger partial charge >= 0.3 is 0 Å². The second-order valence-corrected chi connectivity index (χ2v) is 13.9. The van der Waals surface area contributed by atoms with E-state index in [4.69, 9.17) is 0 Å². The Labute approximate surface area is 310 Å². The lowest BCUT2D eigenvalue weighted by molar-refractivity contribution is 1.10. The van der Waals surface area contributed by atoms with E-state index in [9.17, 15) is 0 Å². The minimum atomic E-state index is 0.978. The van der Waals surface area contributed by atoms with E-state index in [1.165, 1.54) is 99.1 Å². The largest absolute Gasteiger partial charge is 0.0876 e. The Morgan fingerprint density at radius 3 is 1.79 bits per heavy atom. The molecule has 0 radical (unpaired) electrons. The molecule has 0 aliphatic carbocycles. The molecule has 0 saturated carbocycles. The van der Waals surface area contributed by atoms with Gasteiger partial charge in [0.2, 0.25) is 0 Å². The van der Waals surface area contributed by atoms with Crippen LogP contribution in [0.1, 0.15) is 68.4 Å². The van der Waals surface area contributed by atoms with Gasteiger partial charge in [0.15, 0.2) is 0 Å². The predicted molar refractivity (Wildman–Crippen MR) is 231 cm³/mol. The summed E-state index contributed by atoms with van der Waals surface area (Å²) in [5.74, 6) is 0. The Morgan fingerprint density at radius 2 is 1.15 bits per heavy atom. The molecule has 7 aromatic carbocycles. The van der Waals surface area contributed by atoms with Crippen molar-refractivity contribution in [3.8, 4) is 22.3 Å². The van der Waals surface area contributed by atoms with Gasteiger partial charge in [-0.05, 0) is 134 Å². The van der Waals surface area contributed by atoms with Crippen molar-refractivity contribution in [3.63, 3.8) is 0 Å². The van der Waals surface area contributed by atoms with Crippen molar-refractivity contribution in [3.05, 3.63) is 185 Å². The standard InChI is InChI=1S/C52H48/c1-7-10-21-41-37(6)20-17-29-44(41)50(35(4)9-3)42(22-11-8-2)38-31-33-39(34-32-38)51-46-23-12-14-25-48(46)52(49-26-15-13-24-47(49)51)45-30-18-27-40-36(5)19-16-28-43(40)45/h8,10-34H,7,9H2,1-6H3/b11-8-,21-10-,42-22-,50-35-. The van der Waals surface area contributed by atoms with E-state index in [2.05, 4.69) is 199 Å². The molecule has 52 heavy (non-hydrogen) atoms. The van der Waals surface area contributed by atoms with Crippen LogP contribution in [-0.4, -0.2) is 0 Å². The Balaban J connectivity index is 1.44. The maximum atomic E-state index is 2.33. The van der Waals surface area contributed by atoms with Crippen molar-refractivity contribution in [2.75, 3.05) is 0 Å². The monoisotopic (exact) mass is 672 g/mol. The topological polar surface area (TPSA) is 0 Å². The molecule has 0 unspecified atom stereocenters. The maximum Gasteiger partial charge on any atom is -0.00201 e. The van der Waals surface area contributed by atoms with Crippen molar-refractivity contribution in [2.24, 2.45) is 0 Å². The van der Waals surface area contributed by atoms with Gasteiger partial charge in [0, 0.05) is 0 Å². The summed E-state index contributed by atoms with van der Waals surface area (Å²) in [5.41, 5.74) is 15.4. The van der Waals surface area contributed by atoms with E-state index >= 15 is 0 Å². The van der Waals surface area contributed by atoms with E-state index in [1.54, 1.807) is 0 Å². The average Bonchev–Trinajstić information content (AvgIpc) is 3.18. The number of hydrogen-bond acceptors (Lipinski definition) is 0. The lowest BCUT2D eigenvalue weighted by Gasteiger charge is -2.21. The first kappa shape index (κ1) is 34.7. The highest BCUT2D eigenvalue weighted by Crippen LogP contribution is 2.46. The summed E-state index contributed by atoms with van der Waals surface area (Å²) < 4.78 is 0. The molecule has 7 aromatic rings. The quantitative estimate of drug-likeness (QED) is 0.106. The van der Waals surface area contributed by atoms with E-state index in [0.717, 1.165) is 12.8 Å². The molecule has 0 aliphatic heterocycles. The highest BCUT2D eigenvalue weighted by atomic mass is 14.2. The molecule has 0 spiro atoms. The van der Waals surface area contributed by atoms with Crippen LogP contribution in [0.15, 0.2) is 157 Å². The third-order valence-electron chi connectivity index (χ3n) is 10.6. The van der Waals surface area contributed by atoms with Gasteiger partial charge in [-0.3, -0.25) is 0 Å². The summed E-state index contributed by atoms with van der Waals surface area (Å²) in [6.07, 6.45) is 13.2. The molecule has 0 saturated heterocycles. The summed E-state index contributed by atoms with van der Waals surface area (Å²) in [4.78, 5) is 0. The van der Waals surface area contributed by atoms with Crippen LogP contribution in [0, 0.1) is 13.8 Å². The second-order valence-electron chi connectivity index (χ2n) is 13.9. The Morgan fingerprint density at radius 1 is 0.577 bits per heavy atom. The van der Waals surface area contributed by atoms with Crippen LogP contribution >= 0.6 is 0 Å². The van der Waals surface area contributed by atoms with Crippen molar-refractivity contribution >= 4 is 49.5 Å². The van der Waals surface area contributed by atoms with Crippen LogP contribution in [0.2, 0.25) is 0 Å². The van der Waals surface area contributed by atoms with Crippen LogP contribution in [0.25, 0.3) is 71.8 Å². The summed E-state index contributed by atoms with van der Waals surface area (Å²) in [5, 5.41) is 7.70. The van der Waals surface area contributed by atoms with Gasteiger partial charge in [-0.1, -0.05) is 177 Å². The molecule has 0 heteroatoms. The molecule has 0 heterocycles. The first-order valence-electron chi connectivity index (χ1n) is 18.8. The normalized spacial score (nSPS) is 12.8. The first-order chi connectivity index (χ1) is 25.5. The molecule has 0 fully saturated rings. The highest BCUT2D eigenvalue weighted by Gasteiger charge is 2.20. The van der Waals surface area contributed by atoms with Crippen molar-refractivity contribution in [2.45, 2.75) is 54.4 Å². The fourth-order valence-corrected chi connectivity index (χ4v) is 7.88. The van der Waals surface area contributed by atoms with E-state index in [-0.39, 0.29) is 0 Å². The number of benzene rings is 7. The van der Waals surface area contributed by atoms with Crippen LogP contribution in [0.4, 0.5) is 0 Å². The number of allylic oxidation sites excluding steroid dienone is 7. The number of rotatable bonds is 9. The third-order valence-corrected chi connectivity index (χ3v) is 10.6. The van der Waals surface area contributed by atoms with Crippen LogP contribution in [-0.2, 0) is 0 Å². The van der Waals surface area contributed by atoms with Crippen molar-refractivity contribution < 1.29 is 0 Å². The maximum absolute atomic E-state index is 2.33. The fraction of sp³-hybridized carbons (Fsp3) is 0.154. The molecule has 0 atom stereocenters. The Bertz CT molecular complexity index is 2490. The molecular weight excluding hydrogens is 625 g/mol. The summed E-state index contributed by atoms with van der Waals surface area (Å²) in [6.45, 7) is 13.3. The molecule has 256 valence electrons. The molecule has 0 amide bonds. The average molecular weight is 673 g/mol. The van der Waals surface area contributed by atoms with Gasteiger partial charge < -0.3 is 0 Å². The minimum absolute atomic E-state index is 0.978. The Kier molecular flexibility index (Phi) is 10.2. The van der Waals surface area contributed by atoms with Gasteiger partial charge in [-0.15, -0.1) is 0 Å². The lowest BCUT2D eigenvalue weighted by atomic mass is 9.82. The van der Waals surface area contributed by atoms with Crippen LogP contribution in [0.5, 0.6) is 0 Å². The Hall–Kier alpha value is -5.72. The smallest absolute Gasteiger partial charge is 0.00201 e. The summed E-state index contributed by atoms with van der Waals surface area (Å²) in [6, 6.07) is 47.4. The molecule has 0 nitrogen and oxygen atoms in total. The zero-order valence-electron chi connectivity index (χ0n) is 31.4. The van der Waals surface area contributed by atoms with Crippen LogP contribution in [0.3, 0.4) is 0 Å². The fourth-order valence-electron chi connectivity index (χ4n) is 7.88. The van der Waals surface area contributed by atoms with Gasteiger partial charge in [0.25, 0.3) is 0 Å². The molecule has 0 aromatic heterocycles. The van der Waals surface area contributed by atoms with Gasteiger partial charge in [0.1, 0.15) is 0 Å². The number of aryl methyl sites for hydroxylation is 2. The summed E-state index contributed by atoms with van der Waals surface area (Å²) >= 11 is 0. The van der Waals surface area contributed by atoms with E-state index in [1.807, 2.05) is 0 Å². The zero-order valence-corrected chi connectivity index (χ0v) is 31.4. The first-order valence-corrected chi connectivity index (χ1v) is 18.8. The molecule has 0 aliphatic rings. The van der Waals surface area contributed by atoms with Crippen LogP contribution < -0.4 is 0 Å². The van der Waals surface area contributed by atoms with Gasteiger partial charge in [-0.25, -0.2) is 0 Å². The summed E-state index contributed by atoms with van der Waals surface area (Å²) in [7, 11) is 0. The lowest BCUT2D eigenvalue weighted by Crippen LogP contribution is -1.99. The minimum Gasteiger partial charge on any atom is -0.0876 e. The number of hydrogen-bond donors (Lipinski definition) is 0. The van der Waals surface area contributed by atoms with Gasteiger partial charge in [0.05, 0.1) is 0 Å². The molecule has 0 bridgehead atoms. The van der Waals surface area contributed by atoms with Crippen molar-refractivity contribution in [1.82, 2.24) is 0 Å². The van der Waals surface area contributed by atoms with Gasteiger partial charge in [-0.2, -0.15) is 0 Å². The van der Waals surface area contributed by atoms with Crippen molar-refractivity contribution in [1.29, 1.82) is 0 Å². The molecular formula is C52H48. The number of fused-ring (bicyclic) bond motifs is 3.